The summed E-state index contributed by atoms with van der Waals surface area (Å²) in [7, 11) is 0. The smallest absolute Gasteiger partial charge is 0.282 e. The van der Waals surface area contributed by atoms with Crippen LogP contribution in [0, 0.1) is 18.3 Å². The first-order chi connectivity index (χ1) is 12.5. The molecule has 0 bridgehead atoms. The van der Waals surface area contributed by atoms with E-state index in [9.17, 15) is 4.79 Å². The van der Waals surface area contributed by atoms with Crippen LogP contribution in [0.1, 0.15) is 21.7 Å². The van der Waals surface area contributed by atoms with Crippen LogP contribution in [0.2, 0.25) is 10.2 Å². The van der Waals surface area contributed by atoms with Gasteiger partial charge in [-0.05, 0) is 36.8 Å². The van der Waals surface area contributed by atoms with Crippen LogP contribution in [0.4, 0.5) is 10.8 Å². The van der Waals surface area contributed by atoms with Gasteiger partial charge >= 0.3 is 0 Å². The van der Waals surface area contributed by atoms with E-state index in [0.29, 0.717) is 31.4 Å². The fraction of sp³-hybridized carbons (Fsp3) is 0.0588. The zero-order valence-corrected chi connectivity index (χ0v) is 15.7. The summed E-state index contributed by atoms with van der Waals surface area (Å²) in [5.41, 5.74) is 1.24. The Balaban J connectivity index is 1.87. The van der Waals surface area contributed by atoms with E-state index >= 15 is 0 Å². The molecule has 0 fully saturated rings. The van der Waals surface area contributed by atoms with Gasteiger partial charge in [0.1, 0.15) is 16.8 Å². The Labute approximate surface area is 162 Å². The predicted octanol–water partition coefficient (Wildman–Crippen LogP) is 4.63. The van der Waals surface area contributed by atoms with Gasteiger partial charge in [-0.3, -0.25) is 4.79 Å². The molecule has 130 valence electrons. The van der Waals surface area contributed by atoms with E-state index in [1.165, 1.54) is 11.3 Å². The largest absolute Gasteiger partial charge is 0.330 e. The zero-order valence-electron chi connectivity index (χ0n) is 13.4. The van der Waals surface area contributed by atoms with Gasteiger partial charge < -0.3 is 5.32 Å². The molecule has 0 aliphatic rings. The van der Waals surface area contributed by atoms with E-state index in [1.54, 1.807) is 25.1 Å². The maximum atomic E-state index is 11.5. The topological polar surface area (TPSA) is 94.5 Å². The molecule has 3 aromatic rings. The zero-order chi connectivity index (χ0) is 18.7. The van der Waals surface area contributed by atoms with Crippen molar-refractivity contribution in [3.8, 4) is 6.07 Å². The fourth-order valence-corrected chi connectivity index (χ4v) is 3.42. The molecule has 9 heteroatoms. The van der Waals surface area contributed by atoms with Crippen molar-refractivity contribution in [3.63, 3.8) is 0 Å². The van der Waals surface area contributed by atoms with Crippen LogP contribution < -0.4 is 10.9 Å². The molecule has 1 aromatic carbocycles. The molecule has 3 rings (SSSR count). The minimum absolute atomic E-state index is 0.0381. The number of hydrogen-bond donors (Lipinski definition) is 2. The summed E-state index contributed by atoms with van der Waals surface area (Å²) in [4.78, 5) is 16.5. The van der Waals surface area contributed by atoms with Gasteiger partial charge in [0.2, 0.25) is 0 Å². The molecule has 0 spiro atoms. The first kappa shape index (κ1) is 18.1. The normalized spacial score (nSPS) is 10.8. The highest BCUT2D eigenvalue weighted by Gasteiger charge is 2.10. The number of halogens is 2. The molecule has 0 radical (unpaired) electrons. The molecule has 2 aromatic heterocycles. The predicted molar refractivity (Wildman–Crippen MR) is 105 cm³/mol. The molecule has 0 amide bonds. The van der Waals surface area contributed by atoms with Crippen LogP contribution in [0.5, 0.6) is 0 Å². The molecule has 0 aliphatic carbocycles. The number of nitriles is 1. The Kier molecular flexibility index (Phi) is 5.38. The van der Waals surface area contributed by atoms with E-state index in [0.717, 1.165) is 5.69 Å². The van der Waals surface area contributed by atoms with Gasteiger partial charge in [0.25, 0.3) is 5.56 Å². The summed E-state index contributed by atoms with van der Waals surface area (Å²) in [6, 6.07) is 9.19. The van der Waals surface area contributed by atoms with E-state index in [2.05, 4.69) is 20.5 Å². The Hall–Kier alpha value is -2.66. The van der Waals surface area contributed by atoms with Crippen LogP contribution in [0.3, 0.4) is 0 Å². The highest BCUT2D eigenvalue weighted by atomic mass is 35.5. The highest BCUT2D eigenvalue weighted by molar-refractivity contribution is 7.17. The molecule has 26 heavy (non-hydrogen) atoms. The lowest BCUT2D eigenvalue weighted by molar-refractivity contribution is 0.953. The number of anilines is 2. The molecular formula is C17H11Cl2N5OS. The summed E-state index contributed by atoms with van der Waals surface area (Å²) >= 11 is 13.6. The standard InChI is InChI=1S/C17H11Cl2N5OS/c1-9-10(8-20)16(25)24-23-12(9)6-7-14-15(19)22-17(26-14)21-13-5-3-2-4-11(13)18/h2-7H,1H3,(H,21,22)(H,24,25)/b7-6+. The number of thiazole rings is 1. The van der Waals surface area contributed by atoms with Gasteiger partial charge in [-0.15, -0.1) is 0 Å². The fourth-order valence-electron chi connectivity index (χ4n) is 2.15. The average Bonchev–Trinajstić information content (AvgIpc) is 2.96. The molecule has 2 heterocycles. The van der Waals surface area contributed by atoms with Gasteiger partial charge in [0, 0.05) is 0 Å². The number of hydrogen-bond acceptors (Lipinski definition) is 6. The number of aromatic nitrogens is 3. The maximum absolute atomic E-state index is 11.5. The second kappa shape index (κ2) is 7.70. The van der Waals surface area contributed by atoms with E-state index in [4.69, 9.17) is 28.5 Å². The number of benzene rings is 1. The van der Waals surface area contributed by atoms with Gasteiger partial charge in [0.05, 0.1) is 21.3 Å². The number of nitrogens with one attached hydrogen (secondary N) is 2. The second-order valence-corrected chi connectivity index (χ2v) is 6.96. The number of nitrogens with zero attached hydrogens (tertiary/aromatic N) is 3. The van der Waals surface area contributed by atoms with Crippen molar-refractivity contribution in [2.75, 3.05) is 5.32 Å². The highest BCUT2D eigenvalue weighted by Crippen LogP contribution is 2.32. The quantitative estimate of drug-likeness (QED) is 0.661. The third kappa shape index (κ3) is 3.78. The number of aromatic amines is 1. The lowest BCUT2D eigenvalue weighted by atomic mass is 10.1. The Morgan fingerprint density at radius 1 is 1.31 bits per heavy atom. The van der Waals surface area contributed by atoms with Gasteiger partial charge in [-0.2, -0.15) is 10.4 Å². The summed E-state index contributed by atoms with van der Waals surface area (Å²) in [6.07, 6.45) is 3.40. The molecule has 2 N–H and O–H groups in total. The summed E-state index contributed by atoms with van der Waals surface area (Å²) in [6.45, 7) is 1.67. The number of H-pyrrole nitrogens is 1. The van der Waals surface area contributed by atoms with Gasteiger partial charge in [0.15, 0.2) is 5.13 Å². The van der Waals surface area contributed by atoms with Crippen molar-refractivity contribution < 1.29 is 0 Å². The second-order valence-electron chi connectivity index (χ2n) is 5.16. The maximum Gasteiger partial charge on any atom is 0.282 e. The molecule has 0 saturated carbocycles. The first-order valence-corrected chi connectivity index (χ1v) is 8.92. The Morgan fingerprint density at radius 3 is 2.81 bits per heavy atom. The lowest BCUT2D eigenvalue weighted by Gasteiger charge is -2.03. The Bertz CT molecular complexity index is 1100. The van der Waals surface area contributed by atoms with E-state index < -0.39 is 5.56 Å². The van der Waals surface area contributed by atoms with Gasteiger partial charge in [-0.25, -0.2) is 10.1 Å². The van der Waals surface area contributed by atoms with Crippen LogP contribution in [-0.4, -0.2) is 15.2 Å². The summed E-state index contributed by atoms with van der Waals surface area (Å²) in [5, 5.41) is 19.9. The van der Waals surface area contributed by atoms with Crippen LogP contribution in [0.25, 0.3) is 12.2 Å². The van der Waals surface area contributed by atoms with E-state index in [-0.39, 0.29) is 5.56 Å². The van der Waals surface area contributed by atoms with Gasteiger partial charge in [-0.1, -0.05) is 46.7 Å². The minimum Gasteiger partial charge on any atom is -0.330 e. The molecule has 0 atom stereocenters. The first-order valence-electron chi connectivity index (χ1n) is 7.35. The lowest BCUT2D eigenvalue weighted by Crippen LogP contribution is -2.15. The van der Waals surface area contributed by atoms with E-state index in [1.807, 2.05) is 24.3 Å². The molecule has 0 unspecified atom stereocenters. The molecular weight excluding hydrogens is 393 g/mol. The van der Waals surface area contributed by atoms with Crippen molar-refractivity contribution >= 4 is 57.5 Å². The van der Waals surface area contributed by atoms with Crippen LogP contribution in [-0.2, 0) is 0 Å². The monoisotopic (exact) mass is 403 g/mol. The van der Waals surface area contributed by atoms with Crippen molar-refractivity contribution in [1.29, 1.82) is 5.26 Å². The minimum atomic E-state index is -0.510. The van der Waals surface area contributed by atoms with Crippen molar-refractivity contribution in [2.24, 2.45) is 0 Å². The molecule has 0 saturated heterocycles. The summed E-state index contributed by atoms with van der Waals surface area (Å²) < 4.78 is 0. The van der Waals surface area contributed by atoms with Crippen molar-refractivity contribution in [2.45, 2.75) is 6.92 Å². The molecule has 6 nitrogen and oxygen atoms in total. The Morgan fingerprint density at radius 2 is 2.08 bits per heavy atom. The van der Waals surface area contributed by atoms with Crippen LogP contribution in [0.15, 0.2) is 29.1 Å². The third-order valence-corrected chi connectivity index (χ3v) is 5.16. The van der Waals surface area contributed by atoms with Crippen molar-refractivity contribution in [1.82, 2.24) is 15.2 Å². The number of rotatable bonds is 4. The average molecular weight is 404 g/mol. The number of para-hydroxylation sites is 1. The SMILES string of the molecule is Cc1c(/C=C/c2sc(Nc3ccccc3Cl)nc2Cl)n[nH]c(=O)c1C#N. The summed E-state index contributed by atoms with van der Waals surface area (Å²) in [5.74, 6) is 0. The van der Waals surface area contributed by atoms with Crippen LogP contribution >= 0.6 is 34.5 Å². The van der Waals surface area contributed by atoms with Crippen molar-refractivity contribution in [3.05, 3.63) is 66.5 Å². The molecule has 0 aliphatic heterocycles. The third-order valence-electron chi connectivity index (χ3n) is 3.49.